The third-order valence-electron chi connectivity index (χ3n) is 4.71. The summed E-state index contributed by atoms with van der Waals surface area (Å²) >= 11 is 0. The summed E-state index contributed by atoms with van der Waals surface area (Å²) in [6, 6.07) is 5.60. The Morgan fingerprint density at radius 3 is 2.67 bits per heavy atom. The number of aromatic nitrogens is 4. The summed E-state index contributed by atoms with van der Waals surface area (Å²) in [6.45, 7) is 3.74. The minimum atomic E-state index is -0.941. The summed E-state index contributed by atoms with van der Waals surface area (Å²) in [6.07, 6.45) is 1.90. The first kappa shape index (κ1) is 19.6. The average molecular weight is 412 g/mol. The number of anilines is 2. The van der Waals surface area contributed by atoms with Gasteiger partial charge in [-0.15, -0.1) is 10.2 Å². The second-order valence-electron chi connectivity index (χ2n) is 6.93. The molecule has 3 heterocycles. The Balaban J connectivity index is 1.72. The summed E-state index contributed by atoms with van der Waals surface area (Å²) in [7, 11) is 0. The highest BCUT2D eigenvalue weighted by molar-refractivity contribution is 6.07. The Bertz CT molecular complexity index is 1090. The van der Waals surface area contributed by atoms with Crippen molar-refractivity contribution in [3.05, 3.63) is 59.2 Å². The molecule has 4 rings (SSSR count). The van der Waals surface area contributed by atoms with Crippen LogP contribution in [0.5, 0.6) is 11.6 Å². The van der Waals surface area contributed by atoms with Crippen molar-refractivity contribution >= 4 is 17.4 Å². The molecule has 0 saturated carbocycles. The van der Waals surface area contributed by atoms with Crippen LogP contribution in [0.3, 0.4) is 0 Å². The summed E-state index contributed by atoms with van der Waals surface area (Å²) in [5, 5.41) is 18.3. The van der Waals surface area contributed by atoms with Crippen LogP contribution in [0.25, 0.3) is 0 Å². The van der Waals surface area contributed by atoms with E-state index >= 15 is 0 Å². The molecule has 1 aromatic carbocycles. The predicted molar refractivity (Wildman–Crippen MR) is 105 cm³/mol. The number of rotatable bonds is 5. The lowest BCUT2D eigenvalue weighted by atomic mass is 10.1. The van der Waals surface area contributed by atoms with Gasteiger partial charge in [-0.3, -0.25) is 4.79 Å². The number of halogens is 2. The average Bonchev–Trinajstić information content (AvgIpc) is 2.69. The number of nitrogens with one attached hydrogen (secondary N) is 1. The first-order valence-electron chi connectivity index (χ1n) is 9.20. The molecule has 8 nitrogen and oxygen atoms in total. The Hall–Kier alpha value is -3.69. The Kier molecular flexibility index (Phi) is 5.21. The monoisotopic (exact) mass is 412 g/mol. The van der Waals surface area contributed by atoms with Crippen LogP contribution in [-0.4, -0.2) is 45.6 Å². The number of hydrogen-bond acceptors (Lipinski definition) is 7. The van der Waals surface area contributed by atoms with Gasteiger partial charge in [0.2, 0.25) is 0 Å². The van der Waals surface area contributed by atoms with Crippen LogP contribution in [0.2, 0.25) is 0 Å². The lowest BCUT2D eigenvalue weighted by molar-refractivity contribution is 0.102. The van der Waals surface area contributed by atoms with Gasteiger partial charge >= 0.3 is 0 Å². The van der Waals surface area contributed by atoms with Crippen LogP contribution >= 0.6 is 0 Å². The number of alkyl halides is 1. The van der Waals surface area contributed by atoms with Crippen LogP contribution < -0.4 is 15.0 Å². The predicted octanol–water partition coefficient (Wildman–Crippen LogP) is 3.23. The van der Waals surface area contributed by atoms with E-state index in [4.69, 9.17) is 4.74 Å². The lowest BCUT2D eigenvalue weighted by Crippen LogP contribution is -2.49. The second-order valence-corrected chi connectivity index (χ2v) is 6.93. The summed E-state index contributed by atoms with van der Waals surface area (Å²) in [5.41, 5.74) is 1.60. The number of aryl methyl sites for hydroxylation is 1. The zero-order chi connectivity index (χ0) is 21.3. The maximum Gasteiger partial charge on any atom is 0.261 e. The molecule has 0 atom stereocenters. The molecule has 154 valence electrons. The van der Waals surface area contributed by atoms with Crippen molar-refractivity contribution < 1.29 is 18.3 Å². The van der Waals surface area contributed by atoms with Crippen molar-refractivity contribution in [1.29, 1.82) is 0 Å². The molecule has 3 aromatic rings. The van der Waals surface area contributed by atoms with E-state index in [0.717, 1.165) is 0 Å². The van der Waals surface area contributed by atoms with Crippen LogP contribution in [0.1, 0.15) is 21.5 Å². The summed E-state index contributed by atoms with van der Waals surface area (Å²) < 4.78 is 32.6. The van der Waals surface area contributed by atoms with E-state index < -0.39 is 17.9 Å². The number of benzene rings is 1. The normalized spacial score (nSPS) is 13.7. The molecule has 1 fully saturated rings. The molecule has 1 N–H and O–H groups in total. The van der Waals surface area contributed by atoms with Gasteiger partial charge in [-0.2, -0.15) is 10.2 Å². The van der Waals surface area contributed by atoms with E-state index in [9.17, 15) is 13.6 Å². The maximum absolute atomic E-state index is 13.4. The van der Waals surface area contributed by atoms with Gasteiger partial charge in [0, 0.05) is 5.56 Å². The second kappa shape index (κ2) is 7.97. The van der Waals surface area contributed by atoms with E-state index in [1.54, 1.807) is 24.8 Å². The number of hydrogen-bond donors (Lipinski definition) is 1. The zero-order valence-electron chi connectivity index (χ0n) is 16.3. The molecule has 0 unspecified atom stereocenters. The third-order valence-corrected chi connectivity index (χ3v) is 4.71. The van der Waals surface area contributed by atoms with Crippen LogP contribution in [-0.2, 0) is 0 Å². The SMILES string of the molecule is Cc1cc(F)ccc1Oc1nnc(N2CC(F)C2)c(C)c1C(=O)Nc1ccnnc1. The van der Waals surface area contributed by atoms with Crippen LogP contribution in [0, 0.1) is 19.7 Å². The molecule has 2 aromatic heterocycles. The van der Waals surface area contributed by atoms with Crippen molar-refractivity contribution in [3.63, 3.8) is 0 Å². The quantitative estimate of drug-likeness (QED) is 0.688. The van der Waals surface area contributed by atoms with Gasteiger partial charge in [0.15, 0.2) is 5.82 Å². The lowest BCUT2D eigenvalue weighted by Gasteiger charge is -2.36. The molecule has 30 heavy (non-hydrogen) atoms. The van der Waals surface area contributed by atoms with Crippen molar-refractivity contribution in [2.24, 2.45) is 0 Å². The highest BCUT2D eigenvalue weighted by Gasteiger charge is 2.32. The van der Waals surface area contributed by atoms with E-state index in [1.807, 2.05) is 0 Å². The maximum atomic E-state index is 13.4. The molecule has 0 radical (unpaired) electrons. The van der Waals surface area contributed by atoms with Crippen molar-refractivity contribution in [1.82, 2.24) is 20.4 Å². The van der Waals surface area contributed by atoms with Crippen LogP contribution in [0.4, 0.5) is 20.3 Å². The summed E-state index contributed by atoms with van der Waals surface area (Å²) in [5.74, 6) is -0.193. The standard InChI is InChI=1S/C20H18F2N6O2/c1-11-7-13(21)3-4-16(11)30-20-17(19(29)25-15-5-6-23-24-8-15)12(2)18(26-27-20)28-9-14(22)10-28/h3-8,14H,9-10H2,1-2H3,(H,23,25,29). The van der Waals surface area contributed by atoms with Gasteiger partial charge < -0.3 is 15.0 Å². The zero-order valence-corrected chi connectivity index (χ0v) is 16.3. The van der Waals surface area contributed by atoms with Crippen molar-refractivity contribution in [2.75, 3.05) is 23.3 Å². The smallest absolute Gasteiger partial charge is 0.261 e. The molecule has 1 saturated heterocycles. The van der Waals surface area contributed by atoms with Gasteiger partial charge in [0.05, 0.1) is 31.2 Å². The molecular formula is C20H18F2N6O2. The van der Waals surface area contributed by atoms with Gasteiger partial charge in [-0.25, -0.2) is 8.78 Å². The van der Waals surface area contributed by atoms with Crippen molar-refractivity contribution in [2.45, 2.75) is 20.0 Å². The van der Waals surface area contributed by atoms with E-state index in [2.05, 4.69) is 25.7 Å². The van der Waals surface area contributed by atoms with E-state index in [-0.39, 0.29) is 24.5 Å². The van der Waals surface area contributed by atoms with E-state index in [1.165, 1.54) is 30.6 Å². The Labute approximate surface area is 170 Å². The molecule has 0 bridgehead atoms. The molecule has 0 aliphatic carbocycles. The number of carbonyl (C=O) groups is 1. The molecule has 0 spiro atoms. The first-order chi connectivity index (χ1) is 14.4. The minimum Gasteiger partial charge on any atom is -0.437 e. The third kappa shape index (κ3) is 3.88. The topological polar surface area (TPSA) is 93.1 Å². The van der Waals surface area contributed by atoms with Gasteiger partial charge in [0.25, 0.3) is 11.8 Å². The number of amides is 1. The van der Waals surface area contributed by atoms with E-state index in [0.29, 0.717) is 28.4 Å². The largest absolute Gasteiger partial charge is 0.437 e. The van der Waals surface area contributed by atoms with Crippen LogP contribution in [0.15, 0.2) is 36.7 Å². The Morgan fingerprint density at radius 1 is 1.20 bits per heavy atom. The molecular weight excluding hydrogens is 394 g/mol. The highest BCUT2D eigenvalue weighted by atomic mass is 19.1. The number of ether oxygens (including phenoxy) is 1. The molecule has 10 heteroatoms. The van der Waals surface area contributed by atoms with Gasteiger partial charge in [-0.1, -0.05) is 0 Å². The van der Waals surface area contributed by atoms with Gasteiger partial charge in [-0.05, 0) is 43.7 Å². The molecule has 1 amide bonds. The molecule has 1 aliphatic rings. The first-order valence-corrected chi connectivity index (χ1v) is 9.20. The minimum absolute atomic E-state index is 0.0391. The molecule has 1 aliphatic heterocycles. The fourth-order valence-corrected chi connectivity index (χ4v) is 3.12. The number of carbonyl (C=O) groups excluding carboxylic acids is 1. The van der Waals surface area contributed by atoms with Gasteiger partial charge in [0.1, 0.15) is 23.3 Å². The van der Waals surface area contributed by atoms with Crippen molar-refractivity contribution in [3.8, 4) is 11.6 Å². The Morgan fingerprint density at radius 2 is 2.00 bits per heavy atom. The fraction of sp³-hybridized carbons (Fsp3) is 0.250. The summed E-state index contributed by atoms with van der Waals surface area (Å²) in [4.78, 5) is 14.8. The highest BCUT2D eigenvalue weighted by Crippen LogP contribution is 2.33. The fourth-order valence-electron chi connectivity index (χ4n) is 3.12. The number of nitrogens with zero attached hydrogens (tertiary/aromatic N) is 5.